The number of hydrogen-bond donors (Lipinski definition) is 1. The van der Waals surface area contributed by atoms with Gasteiger partial charge in [-0.1, -0.05) is 12.1 Å². The van der Waals surface area contributed by atoms with Gasteiger partial charge in [0, 0.05) is 12.6 Å². The van der Waals surface area contributed by atoms with E-state index in [1.54, 1.807) is 0 Å². The molecule has 0 aliphatic heterocycles. The first-order chi connectivity index (χ1) is 11.8. The van der Waals surface area contributed by atoms with Gasteiger partial charge in [0.05, 0.1) is 0 Å². The molecule has 0 unspecified atom stereocenters. The Hall–Kier alpha value is -2.78. The molecule has 25 heavy (non-hydrogen) atoms. The quantitative estimate of drug-likeness (QED) is 0.853. The first-order valence-electron chi connectivity index (χ1n) is 7.57. The van der Waals surface area contributed by atoms with Crippen LogP contribution in [0.15, 0.2) is 35.4 Å². The number of aromatic nitrogens is 3. The topological polar surface area (TPSA) is 78.2 Å². The average molecular weight is 356 g/mol. The van der Waals surface area contributed by atoms with E-state index in [1.165, 1.54) is 23.0 Å². The summed E-state index contributed by atoms with van der Waals surface area (Å²) >= 11 is 0. The Labute approximate surface area is 140 Å². The van der Waals surface area contributed by atoms with Crippen LogP contribution in [0.1, 0.15) is 24.4 Å². The van der Waals surface area contributed by atoms with Crippen molar-refractivity contribution in [1.82, 2.24) is 19.7 Å². The second kappa shape index (κ2) is 6.61. The molecule has 1 fully saturated rings. The van der Waals surface area contributed by atoms with E-state index in [9.17, 15) is 22.8 Å². The largest absolute Gasteiger partial charge is 0.573 e. The summed E-state index contributed by atoms with van der Waals surface area (Å²) in [6.45, 7) is -0.100. The number of hydrogen-bond acceptors (Lipinski definition) is 4. The zero-order valence-electron chi connectivity index (χ0n) is 13.0. The molecule has 0 spiro atoms. The highest BCUT2D eigenvalue weighted by Gasteiger charge is 2.31. The van der Waals surface area contributed by atoms with Crippen LogP contribution in [0.4, 0.5) is 13.2 Å². The highest BCUT2D eigenvalue weighted by atomic mass is 19.4. The molecular formula is C15H15F3N4O3. The molecule has 1 heterocycles. The fourth-order valence-electron chi connectivity index (χ4n) is 2.26. The third-order valence-electron chi connectivity index (χ3n) is 3.64. The van der Waals surface area contributed by atoms with E-state index in [-0.39, 0.29) is 30.6 Å². The lowest BCUT2D eigenvalue weighted by Crippen LogP contribution is -2.33. The lowest BCUT2D eigenvalue weighted by Gasteiger charge is -2.09. The Morgan fingerprint density at radius 1 is 1.28 bits per heavy atom. The van der Waals surface area contributed by atoms with Gasteiger partial charge >= 0.3 is 12.1 Å². The molecule has 1 aromatic heterocycles. The summed E-state index contributed by atoms with van der Waals surface area (Å²) < 4.78 is 42.6. The van der Waals surface area contributed by atoms with Crippen LogP contribution in [0.25, 0.3) is 0 Å². The number of carbonyl (C=O) groups excluding carboxylic acids is 1. The second-order valence-corrected chi connectivity index (χ2v) is 5.68. The normalized spacial score (nSPS) is 14.4. The molecular weight excluding hydrogens is 341 g/mol. The predicted molar refractivity (Wildman–Crippen MR) is 79.7 cm³/mol. The Kier molecular flexibility index (Phi) is 4.51. The van der Waals surface area contributed by atoms with Crippen LogP contribution in [0, 0.1) is 0 Å². The minimum absolute atomic E-state index is 0.114. The predicted octanol–water partition coefficient (Wildman–Crippen LogP) is 1.59. The zero-order chi connectivity index (χ0) is 18.0. The van der Waals surface area contributed by atoms with E-state index in [0.29, 0.717) is 5.56 Å². The van der Waals surface area contributed by atoms with Gasteiger partial charge in [0.2, 0.25) is 5.91 Å². The lowest BCUT2D eigenvalue weighted by molar-refractivity contribution is -0.274. The van der Waals surface area contributed by atoms with Gasteiger partial charge in [-0.15, -0.1) is 13.2 Å². The number of amides is 1. The van der Waals surface area contributed by atoms with E-state index in [2.05, 4.69) is 15.2 Å². The number of nitrogens with zero attached hydrogens (tertiary/aromatic N) is 3. The summed E-state index contributed by atoms with van der Waals surface area (Å²) in [7, 11) is 0. The fraction of sp³-hybridized carbons (Fsp3) is 0.400. The molecule has 0 saturated heterocycles. The van der Waals surface area contributed by atoms with Crippen molar-refractivity contribution in [1.29, 1.82) is 0 Å². The molecule has 0 radical (unpaired) electrons. The molecule has 2 aromatic rings. The van der Waals surface area contributed by atoms with Crippen molar-refractivity contribution in [2.45, 2.75) is 38.3 Å². The number of alkyl halides is 3. The first-order valence-corrected chi connectivity index (χ1v) is 7.57. The Morgan fingerprint density at radius 2 is 1.96 bits per heavy atom. The maximum Gasteiger partial charge on any atom is 0.573 e. The third kappa shape index (κ3) is 4.61. The van der Waals surface area contributed by atoms with Gasteiger partial charge in [0.1, 0.15) is 18.6 Å². The first kappa shape index (κ1) is 17.1. The Balaban J connectivity index is 1.51. The number of carbonyl (C=O) groups is 1. The van der Waals surface area contributed by atoms with Gasteiger partial charge in [0.15, 0.2) is 0 Å². The smallest absolute Gasteiger partial charge is 0.406 e. The highest BCUT2D eigenvalue weighted by Crippen LogP contribution is 2.32. The van der Waals surface area contributed by atoms with E-state index >= 15 is 0 Å². The molecule has 0 atom stereocenters. The highest BCUT2D eigenvalue weighted by molar-refractivity contribution is 5.75. The van der Waals surface area contributed by atoms with Crippen LogP contribution in [0.5, 0.6) is 5.75 Å². The molecule has 134 valence electrons. The number of rotatable bonds is 6. The maximum atomic E-state index is 12.1. The summed E-state index contributed by atoms with van der Waals surface area (Å²) in [6, 6.07) is 5.33. The van der Waals surface area contributed by atoms with Gasteiger partial charge in [0.25, 0.3) is 0 Å². The number of benzene rings is 1. The van der Waals surface area contributed by atoms with Crippen LogP contribution >= 0.6 is 0 Å². The van der Waals surface area contributed by atoms with Crippen molar-refractivity contribution in [3.63, 3.8) is 0 Å². The van der Waals surface area contributed by atoms with Crippen molar-refractivity contribution in [3.05, 3.63) is 46.6 Å². The van der Waals surface area contributed by atoms with Crippen molar-refractivity contribution in [2.75, 3.05) is 0 Å². The van der Waals surface area contributed by atoms with Gasteiger partial charge in [-0.25, -0.2) is 9.48 Å². The lowest BCUT2D eigenvalue weighted by atomic mass is 10.2. The van der Waals surface area contributed by atoms with Crippen molar-refractivity contribution >= 4 is 5.91 Å². The molecule has 1 saturated carbocycles. The van der Waals surface area contributed by atoms with Gasteiger partial charge in [-0.05, 0) is 30.5 Å². The molecule has 3 rings (SSSR count). The van der Waals surface area contributed by atoms with Crippen molar-refractivity contribution in [2.24, 2.45) is 0 Å². The molecule has 1 N–H and O–H groups in total. The Bertz CT molecular complexity index is 807. The SMILES string of the molecule is O=C(Cn1ncn(C2CC2)c1=O)NCc1ccc(OC(F)(F)F)cc1. The summed E-state index contributed by atoms with van der Waals surface area (Å²) in [5.74, 6) is -0.751. The molecule has 1 aromatic carbocycles. The second-order valence-electron chi connectivity index (χ2n) is 5.68. The third-order valence-corrected chi connectivity index (χ3v) is 3.64. The van der Waals surface area contributed by atoms with Crippen LogP contribution in [-0.4, -0.2) is 26.6 Å². The van der Waals surface area contributed by atoms with Crippen LogP contribution in [0.2, 0.25) is 0 Å². The summed E-state index contributed by atoms with van der Waals surface area (Å²) in [6.07, 6.45) is -1.45. The summed E-state index contributed by atoms with van der Waals surface area (Å²) in [5, 5.41) is 6.49. The zero-order valence-corrected chi connectivity index (χ0v) is 13.0. The number of nitrogens with one attached hydrogen (secondary N) is 1. The van der Waals surface area contributed by atoms with E-state index in [4.69, 9.17) is 0 Å². The van der Waals surface area contributed by atoms with Crippen LogP contribution in [0.3, 0.4) is 0 Å². The molecule has 1 aliphatic carbocycles. The summed E-state index contributed by atoms with van der Waals surface area (Å²) in [4.78, 5) is 23.9. The van der Waals surface area contributed by atoms with E-state index < -0.39 is 12.3 Å². The maximum absolute atomic E-state index is 12.1. The molecule has 1 amide bonds. The molecule has 10 heteroatoms. The Morgan fingerprint density at radius 3 is 2.56 bits per heavy atom. The van der Waals surface area contributed by atoms with Crippen LogP contribution < -0.4 is 15.7 Å². The van der Waals surface area contributed by atoms with Gasteiger partial charge in [-0.2, -0.15) is 5.10 Å². The molecule has 1 aliphatic rings. The fourth-order valence-corrected chi connectivity index (χ4v) is 2.26. The van der Waals surface area contributed by atoms with E-state index in [1.807, 2.05) is 0 Å². The van der Waals surface area contributed by atoms with E-state index in [0.717, 1.165) is 29.7 Å². The van der Waals surface area contributed by atoms with Gasteiger partial charge in [-0.3, -0.25) is 9.36 Å². The number of ether oxygens (including phenoxy) is 1. The van der Waals surface area contributed by atoms with Crippen molar-refractivity contribution in [3.8, 4) is 5.75 Å². The van der Waals surface area contributed by atoms with Crippen LogP contribution in [-0.2, 0) is 17.9 Å². The molecule has 7 nitrogen and oxygen atoms in total. The minimum Gasteiger partial charge on any atom is -0.406 e. The minimum atomic E-state index is -4.74. The van der Waals surface area contributed by atoms with Gasteiger partial charge < -0.3 is 10.1 Å². The average Bonchev–Trinajstić information content (AvgIpc) is 3.31. The summed E-state index contributed by atoms with van der Waals surface area (Å²) in [5.41, 5.74) is 0.269. The number of halogens is 3. The van der Waals surface area contributed by atoms with Crippen molar-refractivity contribution < 1.29 is 22.7 Å². The monoisotopic (exact) mass is 356 g/mol. The standard InChI is InChI=1S/C15H15F3N4O3/c16-15(17,18)25-12-5-1-10(2-6-12)7-19-13(23)8-22-14(24)21(9-20-22)11-3-4-11/h1-2,5-6,9,11H,3-4,7-8H2,(H,19,23). The molecule has 0 bridgehead atoms.